The number of esters is 2. The van der Waals surface area contributed by atoms with Crippen molar-refractivity contribution in [3.8, 4) is 11.5 Å². The number of allylic oxidation sites excluding steroid dienone is 2. The number of benzene rings is 6. The number of nitrogens with zero attached hydrogens (tertiary/aromatic N) is 2. The maximum Gasteiger partial charge on any atom is 0.338 e. The summed E-state index contributed by atoms with van der Waals surface area (Å²) in [6.07, 6.45) is -0.823. The predicted octanol–water partition coefficient (Wildman–Crippen LogP) is 10.4. The third-order valence-electron chi connectivity index (χ3n) is 11.7. The predicted molar refractivity (Wildman–Crippen MR) is 253 cm³/mol. The van der Waals surface area contributed by atoms with Crippen LogP contribution in [0.25, 0.3) is 21.5 Å². The molecule has 0 fully saturated rings. The summed E-state index contributed by atoms with van der Waals surface area (Å²) >= 11 is 0. The van der Waals surface area contributed by atoms with Crippen LogP contribution < -0.4 is 20.1 Å². The first-order valence-corrected chi connectivity index (χ1v) is 22.3. The zero-order chi connectivity index (χ0) is 46.5. The Morgan fingerprint density at radius 1 is 0.515 bits per heavy atom. The smallest absolute Gasteiger partial charge is 0.338 e. The van der Waals surface area contributed by atoms with Crippen LogP contribution in [-0.2, 0) is 32.2 Å². The molecule has 0 saturated heterocycles. The van der Waals surface area contributed by atoms with Gasteiger partial charge in [-0.15, -0.1) is 0 Å². The Morgan fingerprint density at radius 3 is 1.26 bits per heavy atom. The van der Waals surface area contributed by atoms with Gasteiger partial charge < -0.3 is 29.6 Å². The van der Waals surface area contributed by atoms with Gasteiger partial charge in [-0.25, -0.2) is 19.2 Å². The normalized spacial score (nSPS) is 16.5. The minimum atomic E-state index is -0.916. The lowest BCUT2D eigenvalue weighted by molar-refractivity contribution is -0.144. The van der Waals surface area contributed by atoms with Gasteiger partial charge in [-0.05, 0) is 86.3 Å². The van der Waals surface area contributed by atoms with Gasteiger partial charge in [-0.3, -0.25) is 9.80 Å². The number of fused-ring (bicyclic) bond motifs is 2. The second-order valence-corrected chi connectivity index (χ2v) is 16.9. The summed E-state index contributed by atoms with van der Waals surface area (Å²) < 4.78 is 24.8. The Kier molecular flexibility index (Phi) is 13.4. The second-order valence-electron chi connectivity index (χ2n) is 16.9. The van der Waals surface area contributed by atoms with E-state index in [1.165, 1.54) is 0 Å². The van der Waals surface area contributed by atoms with Gasteiger partial charge in [0.1, 0.15) is 24.7 Å². The molecule has 66 heavy (non-hydrogen) atoms. The third kappa shape index (κ3) is 9.44. The lowest BCUT2D eigenvalue weighted by atomic mass is 9.90. The van der Waals surface area contributed by atoms with Crippen molar-refractivity contribution in [2.24, 2.45) is 0 Å². The van der Waals surface area contributed by atoms with E-state index in [9.17, 15) is 19.2 Å². The van der Waals surface area contributed by atoms with Crippen LogP contribution in [0.1, 0.15) is 75.9 Å². The van der Waals surface area contributed by atoms with Gasteiger partial charge in [0.25, 0.3) is 0 Å². The fraction of sp³-hybridized carbons (Fsp3) is 0.259. The van der Waals surface area contributed by atoms with Crippen LogP contribution in [0.15, 0.2) is 156 Å². The number of rotatable bonds is 15. The summed E-state index contributed by atoms with van der Waals surface area (Å²) in [6.45, 7) is 11.3. The maximum absolute atomic E-state index is 14.1. The summed E-state index contributed by atoms with van der Waals surface area (Å²) in [5.74, 6) is -0.210. The van der Waals surface area contributed by atoms with Crippen molar-refractivity contribution in [1.82, 2.24) is 20.4 Å². The first-order valence-electron chi connectivity index (χ1n) is 22.3. The summed E-state index contributed by atoms with van der Waals surface area (Å²) in [6, 6.07) is 39.6. The average molecular weight is 887 g/mol. The number of carbonyl (C=O) groups is 4. The van der Waals surface area contributed by atoms with Crippen molar-refractivity contribution in [1.29, 1.82) is 0 Å². The highest BCUT2D eigenvalue weighted by Gasteiger charge is 2.41. The van der Waals surface area contributed by atoms with Gasteiger partial charge in [0.2, 0.25) is 0 Å². The standard InChI is InChI=1S/C54H54N4O8/c1-33(2)65-51(59)45-35(5)57(31-37-17-9-7-10-18-37)53(61)55-49(45)47-41-23-15-13-21-39(41)25-27-43(47)63-29-30-64-44-28-26-40-22-14-16-24-42(40)48(44)50-46(52(60)66-34(3)4)36(6)58(54(62)56-50)32-38-19-11-8-12-20-38/h7-28,33-34,49-50H,29-32H2,1-6H3,(H,55,61)(H,56,62). The lowest BCUT2D eigenvalue weighted by Gasteiger charge is -2.36. The molecule has 338 valence electrons. The van der Waals surface area contributed by atoms with E-state index in [-0.39, 0.29) is 38.4 Å². The highest BCUT2D eigenvalue weighted by atomic mass is 16.5. The van der Waals surface area contributed by atoms with Crippen molar-refractivity contribution in [2.45, 2.75) is 78.9 Å². The molecule has 4 amide bonds. The zero-order valence-electron chi connectivity index (χ0n) is 38.0. The molecule has 0 radical (unpaired) electrons. The number of carbonyl (C=O) groups excluding carboxylic acids is 4. The molecule has 2 unspecified atom stereocenters. The number of amides is 4. The molecule has 2 heterocycles. The Labute approximate surface area is 384 Å². The van der Waals surface area contributed by atoms with Gasteiger partial charge >= 0.3 is 24.0 Å². The van der Waals surface area contributed by atoms with Crippen LogP contribution in [0, 0.1) is 0 Å². The molecule has 0 aromatic heterocycles. The van der Waals surface area contributed by atoms with Crippen molar-refractivity contribution >= 4 is 45.5 Å². The number of hydrogen-bond acceptors (Lipinski definition) is 8. The maximum atomic E-state index is 14.1. The summed E-state index contributed by atoms with van der Waals surface area (Å²) in [4.78, 5) is 59.5. The molecule has 2 aliphatic rings. The number of ether oxygens (including phenoxy) is 4. The van der Waals surface area contributed by atoms with Gasteiger partial charge in [-0.2, -0.15) is 0 Å². The van der Waals surface area contributed by atoms with Crippen LogP contribution >= 0.6 is 0 Å². The number of nitrogens with one attached hydrogen (secondary N) is 2. The molecule has 0 bridgehead atoms. The minimum absolute atomic E-state index is 0.0475. The zero-order valence-corrected chi connectivity index (χ0v) is 38.0. The van der Waals surface area contributed by atoms with E-state index < -0.39 is 36.2 Å². The van der Waals surface area contributed by atoms with Gasteiger partial charge in [0, 0.05) is 22.5 Å². The quantitative estimate of drug-likeness (QED) is 0.0769. The van der Waals surface area contributed by atoms with Crippen LogP contribution in [-0.4, -0.2) is 59.2 Å². The Hall–Kier alpha value is -7.60. The van der Waals surface area contributed by atoms with E-state index in [0.29, 0.717) is 45.2 Å². The van der Waals surface area contributed by atoms with E-state index in [0.717, 1.165) is 32.7 Å². The summed E-state index contributed by atoms with van der Waals surface area (Å²) in [7, 11) is 0. The van der Waals surface area contributed by atoms with Crippen molar-refractivity contribution < 1.29 is 38.1 Å². The number of hydrogen-bond donors (Lipinski definition) is 2. The van der Waals surface area contributed by atoms with Crippen molar-refractivity contribution in [3.05, 3.63) is 178 Å². The molecule has 0 saturated carbocycles. The van der Waals surface area contributed by atoms with Gasteiger partial charge in [0.05, 0.1) is 48.5 Å². The molecule has 0 aliphatic carbocycles. The van der Waals surface area contributed by atoms with Gasteiger partial charge in [0.15, 0.2) is 0 Å². The van der Waals surface area contributed by atoms with Crippen molar-refractivity contribution in [3.63, 3.8) is 0 Å². The number of urea groups is 2. The largest absolute Gasteiger partial charge is 0.490 e. The average Bonchev–Trinajstić information content (AvgIpc) is 3.30. The molecule has 2 atom stereocenters. The molecular formula is C54H54N4O8. The summed E-state index contributed by atoms with van der Waals surface area (Å²) in [5.41, 5.74) is 4.54. The molecule has 6 aromatic rings. The molecule has 6 aromatic carbocycles. The fourth-order valence-electron chi connectivity index (χ4n) is 8.69. The Bertz CT molecular complexity index is 2660. The van der Waals surface area contributed by atoms with E-state index in [1.54, 1.807) is 51.3 Å². The molecule has 2 N–H and O–H groups in total. The highest BCUT2D eigenvalue weighted by Crippen LogP contribution is 2.43. The molecule has 0 spiro atoms. The van der Waals surface area contributed by atoms with E-state index in [4.69, 9.17) is 18.9 Å². The lowest BCUT2D eigenvalue weighted by Crippen LogP contribution is -2.48. The molecule has 2 aliphatic heterocycles. The van der Waals surface area contributed by atoms with E-state index in [1.807, 2.05) is 133 Å². The van der Waals surface area contributed by atoms with Crippen LogP contribution in [0.2, 0.25) is 0 Å². The SMILES string of the molecule is CC1=C(C(=O)OC(C)C)C(c2c(OCCOc3ccc4ccccc4c3C3NC(=O)N(Cc4ccccc4)C(C)=C3C(=O)OC(C)C)ccc3ccccc23)NC(=O)N1Cc1ccccc1. The summed E-state index contributed by atoms with van der Waals surface area (Å²) in [5, 5.41) is 9.62. The molecular weight excluding hydrogens is 833 g/mol. The third-order valence-corrected chi connectivity index (χ3v) is 11.7. The van der Waals surface area contributed by atoms with Crippen LogP contribution in [0.3, 0.4) is 0 Å². The molecule has 8 rings (SSSR count). The topological polar surface area (TPSA) is 136 Å². The Balaban J connectivity index is 1.13. The fourth-order valence-corrected chi connectivity index (χ4v) is 8.69. The first kappa shape index (κ1) is 45.0. The first-order chi connectivity index (χ1) is 31.9. The molecule has 12 heteroatoms. The van der Waals surface area contributed by atoms with Crippen LogP contribution in [0.5, 0.6) is 11.5 Å². The monoisotopic (exact) mass is 886 g/mol. The van der Waals surface area contributed by atoms with E-state index >= 15 is 0 Å². The second kappa shape index (κ2) is 19.6. The Morgan fingerprint density at radius 2 is 0.879 bits per heavy atom. The van der Waals surface area contributed by atoms with Crippen molar-refractivity contribution in [2.75, 3.05) is 13.2 Å². The van der Waals surface area contributed by atoms with Gasteiger partial charge in [-0.1, -0.05) is 121 Å². The molecule has 12 nitrogen and oxygen atoms in total. The van der Waals surface area contributed by atoms with E-state index in [2.05, 4.69) is 10.6 Å². The minimum Gasteiger partial charge on any atom is -0.490 e. The highest BCUT2D eigenvalue weighted by molar-refractivity contribution is 5.99. The van der Waals surface area contributed by atoms with Crippen LogP contribution in [0.4, 0.5) is 9.59 Å².